The first-order chi connectivity index (χ1) is 11.1. The van der Waals surface area contributed by atoms with Crippen LogP contribution >= 0.6 is 15.9 Å². The van der Waals surface area contributed by atoms with E-state index in [-0.39, 0.29) is 12.5 Å². The van der Waals surface area contributed by atoms with Gasteiger partial charge in [-0.3, -0.25) is 4.79 Å². The Morgan fingerprint density at radius 3 is 2.96 bits per heavy atom. The maximum absolute atomic E-state index is 11.7. The Labute approximate surface area is 143 Å². The summed E-state index contributed by atoms with van der Waals surface area (Å²) in [6.07, 6.45) is 6.45. The van der Waals surface area contributed by atoms with Crippen molar-refractivity contribution in [2.45, 2.75) is 13.8 Å². The van der Waals surface area contributed by atoms with Gasteiger partial charge in [-0.2, -0.15) is 5.10 Å². The number of hydrogen-bond acceptors (Lipinski definition) is 4. The molecule has 0 aliphatic rings. The number of ether oxygens (including phenoxy) is 1. The van der Waals surface area contributed by atoms with Crippen molar-refractivity contribution in [2.75, 3.05) is 6.61 Å². The van der Waals surface area contributed by atoms with E-state index in [2.05, 4.69) is 26.5 Å². The number of amides is 1. The summed E-state index contributed by atoms with van der Waals surface area (Å²) in [5.41, 5.74) is 4.48. The van der Waals surface area contributed by atoms with Gasteiger partial charge in [0.1, 0.15) is 11.5 Å². The van der Waals surface area contributed by atoms with E-state index in [1.165, 1.54) is 6.21 Å². The summed E-state index contributed by atoms with van der Waals surface area (Å²) in [5.74, 6) is 1.04. The summed E-state index contributed by atoms with van der Waals surface area (Å²) >= 11 is 3.44. The Morgan fingerprint density at radius 2 is 2.26 bits per heavy atom. The monoisotopic (exact) mass is 376 g/mol. The van der Waals surface area contributed by atoms with Crippen LogP contribution in [-0.4, -0.2) is 18.7 Å². The van der Waals surface area contributed by atoms with Gasteiger partial charge in [0.2, 0.25) is 0 Å². The van der Waals surface area contributed by atoms with Crippen LogP contribution in [0.5, 0.6) is 5.75 Å². The average molecular weight is 377 g/mol. The van der Waals surface area contributed by atoms with E-state index in [4.69, 9.17) is 9.15 Å². The Balaban J connectivity index is 1.79. The molecule has 2 aromatic rings. The van der Waals surface area contributed by atoms with Crippen LogP contribution in [-0.2, 0) is 4.79 Å². The maximum atomic E-state index is 11.7. The zero-order valence-corrected chi connectivity index (χ0v) is 14.5. The molecule has 1 aromatic heterocycles. The molecule has 0 aliphatic carbocycles. The van der Waals surface area contributed by atoms with Gasteiger partial charge in [-0.1, -0.05) is 6.07 Å². The standard InChI is InChI=1S/C17H17BrN2O3/c1-12-9-13(2)17(15(18)10-12)23-11-16(21)20-19-7-3-5-14-6-4-8-22-14/h3-10H,11H2,1-2H3,(H,20,21). The number of halogens is 1. The predicted octanol–water partition coefficient (Wildman–Crippen LogP) is 3.85. The lowest BCUT2D eigenvalue weighted by molar-refractivity contribution is -0.123. The van der Waals surface area contributed by atoms with E-state index < -0.39 is 0 Å². The number of hydrazone groups is 1. The number of nitrogens with one attached hydrogen (secondary N) is 1. The van der Waals surface area contributed by atoms with E-state index >= 15 is 0 Å². The molecule has 0 aliphatic heterocycles. The zero-order valence-electron chi connectivity index (χ0n) is 12.9. The van der Waals surface area contributed by atoms with Gasteiger partial charge in [-0.25, -0.2) is 5.43 Å². The highest BCUT2D eigenvalue weighted by atomic mass is 79.9. The normalized spacial score (nSPS) is 11.3. The van der Waals surface area contributed by atoms with Gasteiger partial charge in [-0.05, 0) is 71.3 Å². The molecule has 0 atom stereocenters. The molecule has 1 N–H and O–H groups in total. The zero-order chi connectivity index (χ0) is 16.7. The molecule has 5 nitrogen and oxygen atoms in total. The highest BCUT2D eigenvalue weighted by Gasteiger charge is 2.08. The minimum atomic E-state index is -0.334. The lowest BCUT2D eigenvalue weighted by atomic mass is 10.1. The van der Waals surface area contributed by atoms with Crippen LogP contribution in [0.2, 0.25) is 0 Å². The summed E-state index contributed by atoms with van der Waals surface area (Å²) in [4.78, 5) is 11.7. The minimum Gasteiger partial charge on any atom is -0.482 e. The van der Waals surface area contributed by atoms with E-state index in [1.54, 1.807) is 24.5 Å². The first-order valence-electron chi connectivity index (χ1n) is 6.98. The average Bonchev–Trinajstić information content (AvgIpc) is 2.99. The highest BCUT2D eigenvalue weighted by molar-refractivity contribution is 9.10. The number of aryl methyl sites for hydroxylation is 2. The van der Waals surface area contributed by atoms with Crippen LogP contribution in [0.25, 0.3) is 6.08 Å². The topological polar surface area (TPSA) is 63.8 Å². The van der Waals surface area contributed by atoms with Crippen molar-refractivity contribution < 1.29 is 13.9 Å². The largest absolute Gasteiger partial charge is 0.482 e. The number of carbonyl (C=O) groups is 1. The Hall–Kier alpha value is -2.34. The van der Waals surface area contributed by atoms with Crippen molar-refractivity contribution in [3.8, 4) is 5.75 Å². The Kier molecular flexibility index (Phi) is 6.17. The van der Waals surface area contributed by atoms with Gasteiger partial charge >= 0.3 is 0 Å². The van der Waals surface area contributed by atoms with Crippen molar-refractivity contribution in [3.63, 3.8) is 0 Å². The summed E-state index contributed by atoms with van der Waals surface area (Å²) in [6, 6.07) is 7.55. The van der Waals surface area contributed by atoms with Crippen LogP contribution in [0.1, 0.15) is 16.9 Å². The number of furan rings is 1. The first-order valence-corrected chi connectivity index (χ1v) is 7.77. The number of hydrogen-bond donors (Lipinski definition) is 1. The van der Waals surface area contributed by atoms with E-state index in [1.807, 2.05) is 32.0 Å². The van der Waals surface area contributed by atoms with Crippen LogP contribution in [0, 0.1) is 13.8 Å². The van der Waals surface area contributed by atoms with Gasteiger partial charge in [0.05, 0.1) is 10.7 Å². The fourth-order valence-electron chi connectivity index (χ4n) is 1.93. The fourth-order valence-corrected chi connectivity index (χ4v) is 2.72. The molecule has 2 rings (SSSR count). The lowest BCUT2D eigenvalue weighted by Crippen LogP contribution is -2.24. The SMILES string of the molecule is Cc1cc(C)c(OCC(=O)NN=CC=Cc2ccco2)c(Br)c1. The molecule has 0 unspecified atom stereocenters. The summed E-state index contributed by atoms with van der Waals surface area (Å²) < 4.78 is 11.5. The minimum absolute atomic E-state index is 0.109. The molecular formula is C17H17BrN2O3. The van der Waals surface area contributed by atoms with E-state index in [0.717, 1.165) is 15.6 Å². The number of carbonyl (C=O) groups excluding carboxylic acids is 1. The molecule has 0 bridgehead atoms. The second kappa shape index (κ2) is 8.33. The third kappa shape index (κ3) is 5.41. The van der Waals surface area contributed by atoms with Crippen LogP contribution in [0.15, 0.2) is 50.6 Å². The number of benzene rings is 1. The van der Waals surface area contributed by atoms with E-state index in [9.17, 15) is 4.79 Å². The van der Waals surface area contributed by atoms with Gasteiger partial charge in [0.25, 0.3) is 5.91 Å². The molecule has 1 aromatic carbocycles. The number of rotatable bonds is 6. The van der Waals surface area contributed by atoms with E-state index in [0.29, 0.717) is 11.5 Å². The molecule has 6 heteroatoms. The second-order valence-electron chi connectivity index (χ2n) is 4.87. The fraction of sp³-hybridized carbons (Fsp3) is 0.176. The van der Waals surface area contributed by atoms with Crippen LogP contribution in [0.3, 0.4) is 0 Å². The smallest absolute Gasteiger partial charge is 0.277 e. The molecule has 23 heavy (non-hydrogen) atoms. The van der Waals surface area contributed by atoms with Crippen molar-refractivity contribution in [2.24, 2.45) is 5.10 Å². The molecule has 0 radical (unpaired) electrons. The van der Waals surface area contributed by atoms with Crippen LogP contribution in [0.4, 0.5) is 0 Å². The Bertz CT molecular complexity index is 698. The summed E-state index contributed by atoms with van der Waals surface area (Å²) in [7, 11) is 0. The van der Waals surface area contributed by atoms with Crippen molar-refractivity contribution in [1.29, 1.82) is 0 Å². The van der Waals surface area contributed by atoms with Gasteiger partial charge in [-0.15, -0.1) is 0 Å². The van der Waals surface area contributed by atoms with Crippen molar-refractivity contribution in [1.82, 2.24) is 5.43 Å². The molecule has 0 spiro atoms. The highest BCUT2D eigenvalue weighted by Crippen LogP contribution is 2.29. The molecule has 0 saturated heterocycles. The third-order valence-electron chi connectivity index (χ3n) is 2.87. The van der Waals surface area contributed by atoms with Crippen molar-refractivity contribution >= 4 is 34.1 Å². The number of allylic oxidation sites excluding steroid dienone is 1. The quantitative estimate of drug-likeness (QED) is 0.614. The Morgan fingerprint density at radius 1 is 1.43 bits per heavy atom. The van der Waals surface area contributed by atoms with Crippen molar-refractivity contribution in [3.05, 3.63) is 58.0 Å². The summed E-state index contributed by atoms with van der Waals surface area (Å²) in [5, 5.41) is 3.80. The first kappa shape index (κ1) is 17.0. The predicted molar refractivity (Wildman–Crippen MR) is 93.5 cm³/mol. The van der Waals surface area contributed by atoms with Crippen LogP contribution < -0.4 is 10.2 Å². The third-order valence-corrected chi connectivity index (χ3v) is 3.46. The van der Waals surface area contributed by atoms with Gasteiger partial charge < -0.3 is 9.15 Å². The molecule has 120 valence electrons. The molecule has 1 heterocycles. The second-order valence-corrected chi connectivity index (χ2v) is 5.72. The molecule has 0 fully saturated rings. The molecule has 0 saturated carbocycles. The summed E-state index contributed by atoms with van der Waals surface area (Å²) in [6.45, 7) is 3.82. The molecule has 1 amide bonds. The number of nitrogens with zero attached hydrogens (tertiary/aromatic N) is 1. The van der Waals surface area contributed by atoms with Gasteiger partial charge in [0.15, 0.2) is 6.61 Å². The van der Waals surface area contributed by atoms with Gasteiger partial charge in [0, 0.05) is 6.21 Å². The molecular weight excluding hydrogens is 360 g/mol. The maximum Gasteiger partial charge on any atom is 0.277 e. The lowest BCUT2D eigenvalue weighted by Gasteiger charge is -2.11.